The second-order valence-electron chi connectivity index (χ2n) is 6.13. The minimum atomic E-state index is -0.854. The molecular formula is C19H9BrN6O6. The predicted molar refractivity (Wildman–Crippen MR) is 114 cm³/mol. The molecule has 0 bridgehead atoms. The van der Waals surface area contributed by atoms with Gasteiger partial charge in [-0.1, -0.05) is 15.9 Å². The van der Waals surface area contributed by atoms with Gasteiger partial charge in [-0.2, -0.15) is 10.5 Å². The topological polar surface area (TPSA) is 202 Å². The van der Waals surface area contributed by atoms with Crippen LogP contribution >= 0.6 is 15.9 Å². The molecule has 0 amide bonds. The first kappa shape index (κ1) is 21.9. The summed E-state index contributed by atoms with van der Waals surface area (Å²) in [5.74, 6) is -0.680. The Balaban J connectivity index is 2.30. The molecule has 3 rings (SSSR count). The molecule has 0 fully saturated rings. The lowest BCUT2D eigenvalue weighted by Crippen LogP contribution is -2.16. The van der Waals surface area contributed by atoms with E-state index < -0.39 is 32.3 Å². The van der Waals surface area contributed by atoms with Crippen molar-refractivity contribution in [2.24, 2.45) is 0 Å². The van der Waals surface area contributed by atoms with Gasteiger partial charge in [0.25, 0.3) is 11.2 Å². The molecule has 0 aliphatic carbocycles. The zero-order valence-corrected chi connectivity index (χ0v) is 17.2. The molecule has 1 aromatic heterocycles. The lowest BCUT2D eigenvalue weighted by atomic mass is 9.96. The number of nitro benzene ring substituents is 2. The number of nitrogens with zero attached hydrogens (tertiary/aromatic N) is 4. The number of nitrogen functional groups attached to an aromatic ring is 1. The van der Waals surface area contributed by atoms with Crippen LogP contribution < -0.4 is 16.0 Å². The average molecular weight is 497 g/mol. The molecule has 0 aliphatic heterocycles. The smallest absolute Gasteiger partial charge is 0.318 e. The van der Waals surface area contributed by atoms with E-state index in [1.165, 1.54) is 18.2 Å². The molecule has 0 atom stereocenters. The third kappa shape index (κ3) is 3.96. The standard InChI is InChI=1S/C19H9BrN6O6/c20-9-1-3-15(32-16-4-2-10(25(28)29)6-14(16)26(30)31)11(5-9)17-12(7-21)18(23)24-19(27)13(17)8-22/h1-6H,(H3,23,24,27). The number of anilines is 1. The van der Waals surface area contributed by atoms with E-state index >= 15 is 0 Å². The number of hydrogen-bond acceptors (Lipinski definition) is 9. The van der Waals surface area contributed by atoms with Crippen molar-refractivity contribution in [1.29, 1.82) is 10.5 Å². The van der Waals surface area contributed by atoms with Gasteiger partial charge in [-0.05, 0) is 24.3 Å². The molecule has 13 heteroatoms. The molecule has 0 aliphatic rings. The van der Waals surface area contributed by atoms with Crippen LogP contribution in [0.25, 0.3) is 11.1 Å². The Bertz CT molecular complexity index is 1440. The van der Waals surface area contributed by atoms with Gasteiger partial charge in [0.2, 0.25) is 5.75 Å². The molecule has 32 heavy (non-hydrogen) atoms. The number of aromatic nitrogens is 1. The summed E-state index contributed by atoms with van der Waals surface area (Å²) in [6, 6.07) is 10.7. The molecular weight excluding hydrogens is 488 g/mol. The SMILES string of the molecule is N#Cc1c(N)[nH]c(=O)c(C#N)c1-c1cc(Br)ccc1Oc1ccc([N+](=O)[O-])cc1[N+](=O)[O-]. The van der Waals surface area contributed by atoms with Gasteiger partial charge in [-0.15, -0.1) is 0 Å². The summed E-state index contributed by atoms with van der Waals surface area (Å²) in [4.78, 5) is 35.2. The molecule has 0 saturated carbocycles. The first-order valence-corrected chi connectivity index (χ1v) is 9.23. The molecule has 0 radical (unpaired) electrons. The van der Waals surface area contributed by atoms with Crippen LogP contribution in [0.1, 0.15) is 11.1 Å². The minimum absolute atomic E-state index is 0.0665. The molecule has 0 unspecified atom stereocenters. The summed E-state index contributed by atoms with van der Waals surface area (Å²) in [7, 11) is 0. The Hall–Kier alpha value is -4.75. The Morgan fingerprint density at radius 2 is 1.66 bits per heavy atom. The first-order chi connectivity index (χ1) is 15.2. The largest absolute Gasteiger partial charge is 0.449 e. The van der Waals surface area contributed by atoms with Crippen molar-refractivity contribution < 1.29 is 14.6 Å². The second-order valence-corrected chi connectivity index (χ2v) is 7.04. The predicted octanol–water partition coefficient (Wildman–Crippen LogP) is 3.74. The lowest BCUT2D eigenvalue weighted by molar-refractivity contribution is -0.394. The van der Waals surface area contributed by atoms with Crippen molar-refractivity contribution in [3.63, 3.8) is 0 Å². The summed E-state index contributed by atoms with van der Waals surface area (Å²) < 4.78 is 6.14. The van der Waals surface area contributed by atoms with Crippen molar-refractivity contribution in [2.45, 2.75) is 0 Å². The van der Waals surface area contributed by atoms with Crippen LogP contribution in [-0.2, 0) is 0 Å². The molecule has 1 heterocycles. The molecule has 12 nitrogen and oxygen atoms in total. The number of nitriles is 2. The van der Waals surface area contributed by atoms with Crippen molar-refractivity contribution >= 4 is 33.1 Å². The zero-order valence-electron chi connectivity index (χ0n) is 15.7. The van der Waals surface area contributed by atoms with Crippen molar-refractivity contribution in [3.8, 4) is 34.8 Å². The fraction of sp³-hybridized carbons (Fsp3) is 0. The minimum Gasteiger partial charge on any atom is -0.449 e. The zero-order chi connectivity index (χ0) is 23.6. The summed E-state index contributed by atoms with van der Waals surface area (Å²) in [5, 5.41) is 41.4. The third-order valence-electron chi connectivity index (χ3n) is 4.25. The van der Waals surface area contributed by atoms with E-state index in [0.717, 1.165) is 18.2 Å². The number of H-pyrrole nitrogens is 1. The number of benzene rings is 2. The van der Waals surface area contributed by atoms with E-state index in [-0.39, 0.29) is 34.0 Å². The molecule has 3 aromatic rings. The highest BCUT2D eigenvalue weighted by Crippen LogP contribution is 2.41. The highest BCUT2D eigenvalue weighted by Gasteiger charge is 2.25. The number of ether oxygens (including phenoxy) is 1. The highest BCUT2D eigenvalue weighted by molar-refractivity contribution is 9.10. The number of non-ortho nitro benzene ring substituents is 1. The van der Waals surface area contributed by atoms with E-state index in [2.05, 4.69) is 20.9 Å². The number of halogens is 1. The second kappa shape index (κ2) is 8.55. The van der Waals surface area contributed by atoms with Gasteiger partial charge < -0.3 is 15.5 Å². The van der Waals surface area contributed by atoms with Crippen LogP contribution in [0.3, 0.4) is 0 Å². The summed E-state index contributed by atoms with van der Waals surface area (Å²) in [6.07, 6.45) is 0. The summed E-state index contributed by atoms with van der Waals surface area (Å²) >= 11 is 3.25. The summed E-state index contributed by atoms with van der Waals surface area (Å²) in [5.41, 5.74) is 3.03. The quantitative estimate of drug-likeness (QED) is 0.389. The maximum absolute atomic E-state index is 12.3. The van der Waals surface area contributed by atoms with Crippen molar-refractivity contribution in [2.75, 3.05) is 5.73 Å². The number of rotatable bonds is 5. The first-order valence-electron chi connectivity index (χ1n) is 8.44. The van der Waals surface area contributed by atoms with Gasteiger partial charge in [-0.25, -0.2) is 0 Å². The van der Waals surface area contributed by atoms with Crippen LogP contribution in [0, 0.1) is 42.9 Å². The van der Waals surface area contributed by atoms with E-state index in [1.54, 1.807) is 6.07 Å². The van der Waals surface area contributed by atoms with E-state index in [9.17, 15) is 35.5 Å². The maximum atomic E-state index is 12.3. The number of nitrogens with one attached hydrogen (secondary N) is 1. The molecule has 0 spiro atoms. The van der Waals surface area contributed by atoms with Crippen LogP contribution in [0.4, 0.5) is 17.2 Å². The number of aromatic amines is 1. The summed E-state index contributed by atoms with van der Waals surface area (Å²) in [6.45, 7) is 0. The van der Waals surface area contributed by atoms with Gasteiger partial charge in [0.1, 0.15) is 34.8 Å². The normalized spacial score (nSPS) is 10.1. The number of hydrogen-bond donors (Lipinski definition) is 2. The Morgan fingerprint density at radius 3 is 2.25 bits per heavy atom. The van der Waals surface area contributed by atoms with Crippen molar-refractivity contribution in [1.82, 2.24) is 4.98 Å². The Labute approximate surface area is 186 Å². The van der Waals surface area contributed by atoms with E-state index in [0.29, 0.717) is 4.47 Å². The molecule has 2 aromatic carbocycles. The number of nitrogens with two attached hydrogens (primary N) is 1. The van der Waals surface area contributed by atoms with Gasteiger partial charge in [0, 0.05) is 21.7 Å². The van der Waals surface area contributed by atoms with Gasteiger partial charge in [-0.3, -0.25) is 25.0 Å². The van der Waals surface area contributed by atoms with Crippen LogP contribution in [0.2, 0.25) is 0 Å². The van der Waals surface area contributed by atoms with Crippen LogP contribution in [0.15, 0.2) is 45.7 Å². The van der Waals surface area contributed by atoms with Gasteiger partial charge in [0.05, 0.1) is 15.9 Å². The van der Waals surface area contributed by atoms with E-state index in [1.807, 2.05) is 6.07 Å². The van der Waals surface area contributed by atoms with Gasteiger partial charge >= 0.3 is 5.69 Å². The third-order valence-corrected chi connectivity index (χ3v) is 4.74. The van der Waals surface area contributed by atoms with E-state index in [4.69, 9.17) is 10.5 Å². The average Bonchev–Trinajstić information content (AvgIpc) is 2.74. The maximum Gasteiger partial charge on any atom is 0.318 e. The monoisotopic (exact) mass is 496 g/mol. The molecule has 158 valence electrons. The van der Waals surface area contributed by atoms with Gasteiger partial charge in [0.15, 0.2) is 0 Å². The molecule has 3 N–H and O–H groups in total. The number of pyridine rings is 1. The fourth-order valence-electron chi connectivity index (χ4n) is 2.87. The Morgan fingerprint density at radius 1 is 1.00 bits per heavy atom. The highest BCUT2D eigenvalue weighted by atomic mass is 79.9. The Kier molecular flexibility index (Phi) is 5.86. The van der Waals surface area contributed by atoms with Crippen LogP contribution in [-0.4, -0.2) is 14.8 Å². The number of nitro groups is 2. The fourth-order valence-corrected chi connectivity index (χ4v) is 3.23. The van der Waals surface area contributed by atoms with Crippen molar-refractivity contribution in [3.05, 3.63) is 82.6 Å². The van der Waals surface area contributed by atoms with Crippen LogP contribution in [0.5, 0.6) is 11.5 Å². The lowest BCUT2D eigenvalue weighted by Gasteiger charge is -2.15. The molecule has 0 saturated heterocycles.